The topological polar surface area (TPSA) is 38.3 Å². The molecule has 0 radical (unpaired) electrons. The zero-order valence-corrected chi connectivity index (χ0v) is 13.9. The molecule has 0 fully saturated rings. The maximum atomic E-state index is 12.8. The Kier molecular flexibility index (Phi) is 5.04. The first kappa shape index (κ1) is 17.0. The van der Waals surface area contributed by atoms with Crippen LogP contribution in [-0.2, 0) is 10.2 Å². The molecule has 0 aliphatic carbocycles. The van der Waals surface area contributed by atoms with Crippen molar-refractivity contribution in [3.05, 3.63) is 59.9 Å². The Morgan fingerprint density at radius 3 is 2.13 bits per heavy atom. The van der Waals surface area contributed by atoms with Gasteiger partial charge in [-0.1, -0.05) is 32.9 Å². The highest BCUT2D eigenvalue weighted by Gasteiger charge is 2.16. The minimum Gasteiger partial charge on any atom is -0.481 e. The molecule has 3 nitrogen and oxygen atoms in total. The standard InChI is InChI=1S/C19H22FNO2/c1-13(18(22)21-16-9-7-15(20)8-10-16)23-17-11-5-14(6-12-17)19(2,3)4/h5-13H,1-4H3,(H,21,22)/t13-/m0/s1. The Balaban J connectivity index is 1.96. The maximum Gasteiger partial charge on any atom is 0.265 e. The summed E-state index contributed by atoms with van der Waals surface area (Å²) in [4.78, 5) is 12.1. The first-order chi connectivity index (χ1) is 10.8. The number of benzene rings is 2. The number of amides is 1. The zero-order chi connectivity index (χ0) is 17.0. The average Bonchev–Trinajstić information content (AvgIpc) is 2.49. The fourth-order valence-corrected chi connectivity index (χ4v) is 2.07. The van der Waals surface area contributed by atoms with Gasteiger partial charge in [-0.15, -0.1) is 0 Å². The van der Waals surface area contributed by atoms with Crippen LogP contribution in [0.4, 0.5) is 10.1 Å². The third-order valence-corrected chi connectivity index (χ3v) is 3.51. The number of halogens is 1. The van der Waals surface area contributed by atoms with Gasteiger partial charge in [0.25, 0.3) is 5.91 Å². The second-order valence-corrected chi connectivity index (χ2v) is 6.53. The van der Waals surface area contributed by atoms with Crippen molar-refractivity contribution in [1.82, 2.24) is 0 Å². The number of rotatable bonds is 4. The molecule has 0 spiro atoms. The monoisotopic (exact) mass is 315 g/mol. The van der Waals surface area contributed by atoms with Crippen LogP contribution in [0.25, 0.3) is 0 Å². The first-order valence-electron chi connectivity index (χ1n) is 7.59. The normalized spacial score (nSPS) is 12.6. The Hall–Kier alpha value is -2.36. The third kappa shape index (κ3) is 4.81. The molecule has 0 aliphatic heterocycles. The summed E-state index contributed by atoms with van der Waals surface area (Å²) in [5.74, 6) is 0.0162. The highest BCUT2D eigenvalue weighted by Crippen LogP contribution is 2.24. The molecule has 0 aliphatic rings. The van der Waals surface area contributed by atoms with Crippen LogP contribution in [0.1, 0.15) is 33.3 Å². The SMILES string of the molecule is C[C@H](Oc1ccc(C(C)(C)C)cc1)C(=O)Nc1ccc(F)cc1. The lowest BCUT2D eigenvalue weighted by atomic mass is 9.87. The smallest absolute Gasteiger partial charge is 0.265 e. The van der Waals surface area contributed by atoms with Gasteiger partial charge in [0, 0.05) is 5.69 Å². The van der Waals surface area contributed by atoms with Gasteiger partial charge >= 0.3 is 0 Å². The molecule has 0 saturated heterocycles. The number of carbonyl (C=O) groups is 1. The number of hydrogen-bond acceptors (Lipinski definition) is 2. The Morgan fingerprint density at radius 2 is 1.61 bits per heavy atom. The average molecular weight is 315 g/mol. The van der Waals surface area contributed by atoms with E-state index in [1.807, 2.05) is 24.3 Å². The van der Waals surface area contributed by atoms with E-state index in [4.69, 9.17) is 4.74 Å². The van der Waals surface area contributed by atoms with Crippen molar-refractivity contribution < 1.29 is 13.9 Å². The van der Waals surface area contributed by atoms with Crippen molar-refractivity contribution in [1.29, 1.82) is 0 Å². The van der Waals surface area contributed by atoms with Gasteiger partial charge in [-0.25, -0.2) is 4.39 Å². The molecule has 1 N–H and O–H groups in total. The fourth-order valence-electron chi connectivity index (χ4n) is 2.07. The van der Waals surface area contributed by atoms with Gasteiger partial charge in [0.15, 0.2) is 6.10 Å². The quantitative estimate of drug-likeness (QED) is 0.900. The van der Waals surface area contributed by atoms with Crippen LogP contribution in [0.5, 0.6) is 5.75 Å². The molecule has 4 heteroatoms. The summed E-state index contributed by atoms with van der Waals surface area (Å²) in [6.45, 7) is 8.10. The molecule has 0 saturated carbocycles. The fraction of sp³-hybridized carbons (Fsp3) is 0.316. The van der Waals surface area contributed by atoms with E-state index in [1.165, 1.54) is 29.8 Å². The van der Waals surface area contributed by atoms with Gasteiger partial charge in [-0.3, -0.25) is 4.79 Å². The van der Waals surface area contributed by atoms with Crippen LogP contribution in [0, 0.1) is 5.82 Å². The molecule has 1 amide bonds. The molecule has 0 unspecified atom stereocenters. The summed E-state index contributed by atoms with van der Waals surface area (Å²) in [5.41, 5.74) is 1.81. The van der Waals surface area contributed by atoms with Crippen molar-refractivity contribution in [2.45, 2.75) is 39.2 Å². The first-order valence-corrected chi connectivity index (χ1v) is 7.59. The summed E-state index contributed by atoms with van der Waals surface area (Å²) in [6.07, 6.45) is -0.652. The number of anilines is 1. The number of hydrogen-bond donors (Lipinski definition) is 1. The van der Waals surface area contributed by atoms with Crippen LogP contribution >= 0.6 is 0 Å². The van der Waals surface area contributed by atoms with Crippen molar-refractivity contribution in [3.63, 3.8) is 0 Å². The van der Waals surface area contributed by atoms with E-state index in [-0.39, 0.29) is 17.1 Å². The lowest BCUT2D eigenvalue weighted by Crippen LogP contribution is -2.30. The molecule has 0 heterocycles. The Bertz CT molecular complexity index is 657. The Labute approximate surface area is 136 Å². The van der Waals surface area contributed by atoms with Gasteiger partial charge in [-0.05, 0) is 54.3 Å². The van der Waals surface area contributed by atoms with Crippen molar-refractivity contribution in [2.24, 2.45) is 0 Å². The predicted octanol–water partition coefficient (Wildman–Crippen LogP) is 4.53. The molecule has 23 heavy (non-hydrogen) atoms. The summed E-state index contributed by atoms with van der Waals surface area (Å²) in [5, 5.41) is 2.69. The molecule has 2 rings (SSSR count). The summed E-state index contributed by atoms with van der Waals surface area (Å²) in [7, 11) is 0. The lowest BCUT2D eigenvalue weighted by Gasteiger charge is -2.20. The van der Waals surface area contributed by atoms with E-state index < -0.39 is 6.10 Å². The van der Waals surface area contributed by atoms with Crippen LogP contribution in [0.15, 0.2) is 48.5 Å². The summed E-state index contributed by atoms with van der Waals surface area (Å²) >= 11 is 0. The molecule has 1 atom stereocenters. The molecule has 122 valence electrons. The van der Waals surface area contributed by atoms with Gasteiger partial charge < -0.3 is 10.1 Å². The van der Waals surface area contributed by atoms with E-state index >= 15 is 0 Å². The number of ether oxygens (including phenoxy) is 1. The van der Waals surface area contributed by atoms with Gasteiger partial charge in [0.05, 0.1) is 0 Å². The highest BCUT2D eigenvalue weighted by atomic mass is 19.1. The second kappa shape index (κ2) is 6.82. The third-order valence-electron chi connectivity index (χ3n) is 3.51. The molecular weight excluding hydrogens is 293 g/mol. The predicted molar refractivity (Wildman–Crippen MR) is 90.3 cm³/mol. The lowest BCUT2D eigenvalue weighted by molar-refractivity contribution is -0.122. The van der Waals surface area contributed by atoms with E-state index in [0.29, 0.717) is 11.4 Å². The van der Waals surface area contributed by atoms with E-state index in [1.54, 1.807) is 6.92 Å². The van der Waals surface area contributed by atoms with Crippen LogP contribution < -0.4 is 10.1 Å². The maximum absolute atomic E-state index is 12.8. The van der Waals surface area contributed by atoms with E-state index in [2.05, 4.69) is 26.1 Å². The highest BCUT2D eigenvalue weighted by molar-refractivity contribution is 5.94. The van der Waals surface area contributed by atoms with Gasteiger partial charge in [-0.2, -0.15) is 0 Å². The van der Waals surface area contributed by atoms with Crippen LogP contribution in [0.2, 0.25) is 0 Å². The summed E-state index contributed by atoms with van der Waals surface area (Å²) in [6, 6.07) is 13.3. The molecule has 0 aromatic heterocycles. The molecular formula is C19H22FNO2. The number of carbonyl (C=O) groups excluding carboxylic acids is 1. The van der Waals surface area contributed by atoms with Crippen LogP contribution in [0.3, 0.4) is 0 Å². The van der Waals surface area contributed by atoms with Crippen molar-refractivity contribution in [2.75, 3.05) is 5.32 Å². The van der Waals surface area contributed by atoms with E-state index in [9.17, 15) is 9.18 Å². The largest absolute Gasteiger partial charge is 0.481 e. The molecule has 0 bridgehead atoms. The Morgan fingerprint density at radius 1 is 1.04 bits per heavy atom. The number of nitrogens with one attached hydrogen (secondary N) is 1. The second-order valence-electron chi connectivity index (χ2n) is 6.53. The van der Waals surface area contributed by atoms with E-state index in [0.717, 1.165) is 0 Å². The van der Waals surface area contributed by atoms with Crippen molar-refractivity contribution in [3.8, 4) is 5.75 Å². The molecule has 2 aromatic rings. The van der Waals surface area contributed by atoms with Crippen molar-refractivity contribution >= 4 is 11.6 Å². The van der Waals surface area contributed by atoms with Gasteiger partial charge in [0.2, 0.25) is 0 Å². The zero-order valence-electron chi connectivity index (χ0n) is 13.9. The minimum absolute atomic E-state index is 0.0735. The molecule has 2 aromatic carbocycles. The van der Waals surface area contributed by atoms with Gasteiger partial charge in [0.1, 0.15) is 11.6 Å². The van der Waals surface area contributed by atoms with Crippen LogP contribution in [-0.4, -0.2) is 12.0 Å². The minimum atomic E-state index is -0.652. The summed E-state index contributed by atoms with van der Waals surface area (Å²) < 4.78 is 18.5.